The molecular weight excluding hydrogens is 446 g/mol. The predicted octanol–water partition coefficient (Wildman–Crippen LogP) is 4.17. The molecule has 32 heavy (non-hydrogen) atoms. The first-order chi connectivity index (χ1) is 15.5. The number of rotatable bonds is 8. The average Bonchev–Trinajstić information content (AvgIpc) is 3.51. The van der Waals surface area contributed by atoms with Crippen LogP contribution in [0, 0.1) is 0 Å². The normalized spacial score (nSPS) is 14.4. The highest BCUT2D eigenvalue weighted by atomic mass is 32.2. The van der Waals surface area contributed by atoms with Crippen molar-refractivity contribution in [2.75, 3.05) is 25.5 Å². The summed E-state index contributed by atoms with van der Waals surface area (Å²) in [6.45, 7) is 1.17. The van der Waals surface area contributed by atoms with Gasteiger partial charge in [-0.15, -0.1) is 11.3 Å². The molecule has 0 aliphatic carbocycles. The minimum Gasteiger partial charge on any atom is -0.497 e. The molecule has 1 fully saturated rings. The van der Waals surface area contributed by atoms with E-state index in [0.29, 0.717) is 29.5 Å². The van der Waals surface area contributed by atoms with E-state index in [1.807, 2.05) is 29.6 Å². The van der Waals surface area contributed by atoms with Crippen LogP contribution in [0.2, 0.25) is 0 Å². The first kappa shape index (κ1) is 22.4. The number of ether oxygens (including phenoxy) is 1. The third-order valence-corrected chi connectivity index (χ3v) is 8.07. The van der Waals surface area contributed by atoms with Gasteiger partial charge in [0.05, 0.1) is 17.7 Å². The van der Waals surface area contributed by atoms with E-state index in [9.17, 15) is 13.2 Å². The number of aryl methyl sites for hydroxylation is 1. The Kier molecular flexibility index (Phi) is 6.88. The Morgan fingerprint density at radius 2 is 1.78 bits per heavy atom. The lowest BCUT2D eigenvalue weighted by Gasteiger charge is -2.15. The second kappa shape index (κ2) is 9.81. The second-order valence-electron chi connectivity index (χ2n) is 7.57. The summed E-state index contributed by atoms with van der Waals surface area (Å²) >= 11 is 1.38. The molecular formula is C23H25N3O4S2. The summed E-state index contributed by atoms with van der Waals surface area (Å²) in [5.41, 5.74) is 2.66. The van der Waals surface area contributed by atoms with Crippen LogP contribution < -0.4 is 10.1 Å². The van der Waals surface area contributed by atoms with E-state index < -0.39 is 10.0 Å². The van der Waals surface area contributed by atoms with Gasteiger partial charge in [0.2, 0.25) is 15.9 Å². The van der Waals surface area contributed by atoms with Gasteiger partial charge in [0.25, 0.3) is 0 Å². The number of carbonyl (C=O) groups is 1. The standard InChI is InChI=1S/C23H25N3O4S2/c1-30-19-9-7-18(8-10-19)21-16-31-23(24-21)25-22(27)13-6-17-4-11-20(12-5-17)32(28,29)26-14-2-3-15-26/h4-5,7-12,16H,2-3,6,13-15H2,1H3,(H,24,25,27). The summed E-state index contributed by atoms with van der Waals surface area (Å²) in [7, 11) is -1.79. The molecule has 1 aliphatic heterocycles. The molecule has 9 heteroatoms. The van der Waals surface area contributed by atoms with E-state index in [1.165, 1.54) is 15.6 Å². The van der Waals surface area contributed by atoms with E-state index in [4.69, 9.17) is 4.74 Å². The number of anilines is 1. The maximum Gasteiger partial charge on any atom is 0.243 e. The molecule has 1 amide bonds. The third-order valence-electron chi connectivity index (χ3n) is 5.40. The average molecular weight is 472 g/mol. The molecule has 0 atom stereocenters. The van der Waals surface area contributed by atoms with E-state index in [-0.39, 0.29) is 12.3 Å². The lowest BCUT2D eigenvalue weighted by atomic mass is 10.1. The van der Waals surface area contributed by atoms with E-state index in [0.717, 1.165) is 35.4 Å². The topological polar surface area (TPSA) is 88.6 Å². The minimum atomic E-state index is -3.41. The molecule has 0 bridgehead atoms. The molecule has 0 unspecified atom stereocenters. The number of sulfonamides is 1. The molecule has 2 aromatic carbocycles. The molecule has 4 rings (SSSR count). The molecule has 1 N–H and O–H groups in total. The van der Waals surface area contributed by atoms with Crippen molar-refractivity contribution in [1.82, 2.24) is 9.29 Å². The van der Waals surface area contributed by atoms with Crippen LogP contribution in [0.4, 0.5) is 5.13 Å². The maximum atomic E-state index is 12.6. The van der Waals surface area contributed by atoms with Crippen LogP contribution in [0.15, 0.2) is 58.8 Å². The van der Waals surface area contributed by atoms with Gasteiger partial charge in [-0.3, -0.25) is 4.79 Å². The van der Waals surface area contributed by atoms with Gasteiger partial charge >= 0.3 is 0 Å². The van der Waals surface area contributed by atoms with Crippen LogP contribution in [-0.2, 0) is 21.2 Å². The number of hydrogen-bond acceptors (Lipinski definition) is 6. The van der Waals surface area contributed by atoms with Gasteiger partial charge in [-0.25, -0.2) is 13.4 Å². The summed E-state index contributed by atoms with van der Waals surface area (Å²) in [4.78, 5) is 17.1. The molecule has 0 radical (unpaired) electrons. The first-order valence-corrected chi connectivity index (χ1v) is 12.8. The zero-order valence-electron chi connectivity index (χ0n) is 17.8. The number of aromatic nitrogens is 1. The number of amides is 1. The van der Waals surface area contributed by atoms with E-state index in [1.54, 1.807) is 31.4 Å². The van der Waals surface area contributed by atoms with Crippen LogP contribution in [0.25, 0.3) is 11.3 Å². The lowest BCUT2D eigenvalue weighted by Crippen LogP contribution is -2.27. The molecule has 168 valence electrons. The van der Waals surface area contributed by atoms with Gasteiger partial charge in [-0.05, 0) is 61.2 Å². The Balaban J connectivity index is 1.31. The zero-order valence-corrected chi connectivity index (χ0v) is 19.4. The predicted molar refractivity (Wildman–Crippen MR) is 125 cm³/mol. The van der Waals surface area contributed by atoms with Gasteiger partial charge in [0, 0.05) is 30.5 Å². The van der Waals surface area contributed by atoms with Crippen molar-refractivity contribution in [2.24, 2.45) is 0 Å². The number of methoxy groups -OCH3 is 1. The zero-order chi connectivity index (χ0) is 22.6. The number of benzene rings is 2. The Labute approximate surface area is 192 Å². The third kappa shape index (κ3) is 5.17. The first-order valence-electron chi connectivity index (χ1n) is 10.4. The van der Waals surface area contributed by atoms with Crippen LogP contribution in [0.5, 0.6) is 5.75 Å². The van der Waals surface area contributed by atoms with Crippen molar-refractivity contribution in [3.63, 3.8) is 0 Å². The quantitative estimate of drug-likeness (QED) is 0.533. The summed E-state index contributed by atoms with van der Waals surface area (Å²) in [5.74, 6) is 0.647. The van der Waals surface area contributed by atoms with E-state index >= 15 is 0 Å². The monoisotopic (exact) mass is 471 g/mol. The Morgan fingerprint density at radius 1 is 1.09 bits per heavy atom. The highest BCUT2D eigenvalue weighted by Gasteiger charge is 2.26. The summed E-state index contributed by atoms with van der Waals surface area (Å²) in [6.07, 6.45) is 2.63. The molecule has 3 aromatic rings. The fourth-order valence-corrected chi connectivity index (χ4v) is 5.82. The summed E-state index contributed by atoms with van der Waals surface area (Å²) in [6, 6.07) is 14.4. The van der Waals surface area contributed by atoms with Crippen molar-refractivity contribution in [1.29, 1.82) is 0 Å². The Morgan fingerprint density at radius 3 is 2.44 bits per heavy atom. The second-order valence-corrected chi connectivity index (χ2v) is 10.4. The Hall–Kier alpha value is -2.75. The van der Waals surface area contributed by atoms with Gasteiger partial charge in [0.1, 0.15) is 5.75 Å². The molecule has 0 saturated carbocycles. The van der Waals surface area contributed by atoms with Gasteiger partial charge in [-0.1, -0.05) is 12.1 Å². The van der Waals surface area contributed by atoms with Crippen molar-refractivity contribution in [2.45, 2.75) is 30.6 Å². The van der Waals surface area contributed by atoms with Crippen LogP contribution >= 0.6 is 11.3 Å². The van der Waals surface area contributed by atoms with Crippen molar-refractivity contribution in [3.8, 4) is 17.0 Å². The van der Waals surface area contributed by atoms with Gasteiger partial charge in [-0.2, -0.15) is 4.31 Å². The van der Waals surface area contributed by atoms with Gasteiger partial charge in [0.15, 0.2) is 5.13 Å². The molecule has 2 heterocycles. The molecule has 1 saturated heterocycles. The van der Waals surface area contributed by atoms with E-state index in [2.05, 4.69) is 10.3 Å². The fraction of sp³-hybridized carbons (Fsp3) is 0.304. The summed E-state index contributed by atoms with van der Waals surface area (Å²) < 4.78 is 31.9. The molecule has 1 aromatic heterocycles. The molecule has 7 nitrogen and oxygen atoms in total. The van der Waals surface area contributed by atoms with Crippen LogP contribution in [-0.4, -0.2) is 43.8 Å². The van der Waals surface area contributed by atoms with Crippen molar-refractivity contribution < 1.29 is 17.9 Å². The summed E-state index contributed by atoms with van der Waals surface area (Å²) in [5, 5.41) is 5.29. The maximum absolute atomic E-state index is 12.6. The number of carbonyl (C=O) groups excluding carboxylic acids is 1. The highest BCUT2D eigenvalue weighted by molar-refractivity contribution is 7.89. The SMILES string of the molecule is COc1ccc(-c2csc(NC(=O)CCc3ccc(S(=O)(=O)N4CCCC4)cc3)n2)cc1. The number of thiazole rings is 1. The van der Waals surface area contributed by atoms with Crippen molar-refractivity contribution in [3.05, 3.63) is 59.5 Å². The van der Waals surface area contributed by atoms with Crippen LogP contribution in [0.1, 0.15) is 24.8 Å². The fourth-order valence-electron chi connectivity index (χ4n) is 3.57. The molecule has 0 spiro atoms. The molecule has 1 aliphatic rings. The number of hydrogen-bond donors (Lipinski definition) is 1. The van der Waals surface area contributed by atoms with Crippen molar-refractivity contribution >= 4 is 32.4 Å². The smallest absolute Gasteiger partial charge is 0.243 e. The van der Waals surface area contributed by atoms with Gasteiger partial charge < -0.3 is 10.1 Å². The highest BCUT2D eigenvalue weighted by Crippen LogP contribution is 2.27. The minimum absolute atomic E-state index is 0.130. The largest absolute Gasteiger partial charge is 0.497 e. The Bertz CT molecular complexity index is 1170. The van der Waals surface area contributed by atoms with Crippen LogP contribution in [0.3, 0.4) is 0 Å². The lowest BCUT2D eigenvalue weighted by molar-refractivity contribution is -0.116. The number of nitrogens with one attached hydrogen (secondary N) is 1. The number of nitrogens with zero attached hydrogens (tertiary/aromatic N) is 2.